The first-order valence-corrected chi connectivity index (χ1v) is 10.3. The van der Waals surface area contributed by atoms with Gasteiger partial charge < -0.3 is 9.84 Å². The van der Waals surface area contributed by atoms with Crippen LogP contribution in [0.25, 0.3) is 0 Å². The Bertz CT molecular complexity index is 913. The van der Waals surface area contributed by atoms with E-state index in [-0.39, 0.29) is 17.9 Å². The predicted molar refractivity (Wildman–Crippen MR) is 113 cm³/mol. The van der Waals surface area contributed by atoms with Crippen molar-refractivity contribution in [1.82, 2.24) is 15.4 Å². The first kappa shape index (κ1) is 19.4. The van der Waals surface area contributed by atoms with Crippen molar-refractivity contribution in [2.45, 2.75) is 38.8 Å². The minimum absolute atomic E-state index is 0.00428. The van der Waals surface area contributed by atoms with Crippen LogP contribution < -0.4 is 5.32 Å². The van der Waals surface area contributed by atoms with Crippen LogP contribution in [0.5, 0.6) is 0 Å². The Morgan fingerprint density at radius 3 is 2.31 bits per heavy atom. The van der Waals surface area contributed by atoms with Gasteiger partial charge in [0, 0.05) is 31.6 Å². The average molecular weight is 389 g/mol. The second kappa shape index (κ2) is 8.62. The number of hydrogen-bond acceptors (Lipinski definition) is 4. The first-order chi connectivity index (χ1) is 14.2. The highest BCUT2D eigenvalue weighted by atomic mass is 16.5. The van der Waals surface area contributed by atoms with Crippen LogP contribution in [0.3, 0.4) is 0 Å². The average Bonchev–Trinajstić information content (AvgIpc) is 3.18. The highest BCUT2D eigenvalue weighted by molar-refractivity contribution is 5.81. The molecule has 5 heteroatoms. The fourth-order valence-electron chi connectivity index (χ4n) is 4.09. The molecule has 150 valence electrons. The van der Waals surface area contributed by atoms with Crippen LogP contribution in [-0.2, 0) is 17.8 Å². The van der Waals surface area contributed by atoms with Crippen molar-refractivity contribution < 1.29 is 9.32 Å². The van der Waals surface area contributed by atoms with E-state index in [0.717, 1.165) is 30.0 Å². The lowest BCUT2D eigenvalue weighted by atomic mass is 9.85. The van der Waals surface area contributed by atoms with Crippen LogP contribution in [0.15, 0.2) is 65.2 Å². The molecular formula is C24H27N3O2. The molecule has 0 saturated carbocycles. The molecule has 4 rings (SSSR count). The van der Waals surface area contributed by atoms with Crippen molar-refractivity contribution in [3.8, 4) is 0 Å². The Kier molecular flexibility index (Phi) is 5.76. The van der Waals surface area contributed by atoms with Gasteiger partial charge in [-0.15, -0.1) is 0 Å². The van der Waals surface area contributed by atoms with Crippen molar-refractivity contribution in [1.29, 1.82) is 0 Å². The third-order valence-electron chi connectivity index (χ3n) is 5.70. The van der Waals surface area contributed by atoms with Gasteiger partial charge in [0.1, 0.15) is 11.5 Å². The minimum atomic E-state index is -0.183. The van der Waals surface area contributed by atoms with Gasteiger partial charge in [-0.2, -0.15) is 0 Å². The smallest absolute Gasteiger partial charge is 0.237 e. The molecule has 0 unspecified atom stereocenters. The van der Waals surface area contributed by atoms with E-state index in [9.17, 15) is 4.79 Å². The molecule has 1 N–H and O–H groups in total. The Morgan fingerprint density at radius 1 is 1.10 bits per heavy atom. The number of fused-ring (bicyclic) bond motifs is 1. The van der Waals surface area contributed by atoms with Crippen molar-refractivity contribution in [2.75, 3.05) is 13.1 Å². The Labute approximate surface area is 171 Å². The second-order valence-corrected chi connectivity index (χ2v) is 7.51. The van der Waals surface area contributed by atoms with Crippen molar-refractivity contribution in [3.63, 3.8) is 0 Å². The van der Waals surface area contributed by atoms with Crippen LogP contribution in [0.1, 0.15) is 47.9 Å². The number of likely N-dealkylation sites (N-methyl/N-ethyl adjacent to an activating group) is 1. The summed E-state index contributed by atoms with van der Waals surface area (Å²) in [6, 6.07) is 20.6. The molecule has 1 aliphatic heterocycles. The quantitative estimate of drug-likeness (QED) is 0.698. The van der Waals surface area contributed by atoms with E-state index < -0.39 is 0 Å². The Hall–Kier alpha value is -2.92. The van der Waals surface area contributed by atoms with Crippen molar-refractivity contribution >= 4 is 5.91 Å². The molecular weight excluding hydrogens is 362 g/mol. The van der Waals surface area contributed by atoms with Gasteiger partial charge in [-0.05, 0) is 25.0 Å². The number of rotatable bonds is 6. The Balaban J connectivity index is 1.70. The summed E-state index contributed by atoms with van der Waals surface area (Å²) in [5.41, 5.74) is 4.43. The molecule has 3 aromatic rings. The number of nitrogens with zero attached hydrogens (tertiary/aromatic N) is 2. The van der Waals surface area contributed by atoms with Gasteiger partial charge in [-0.1, -0.05) is 65.8 Å². The lowest BCUT2D eigenvalue weighted by Crippen LogP contribution is -2.47. The zero-order valence-corrected chi connectivity index (χ0v) is 17.0. The molecule has 1 amide bonds. The van der Waals surface area contributed by atoms with Crippen LogP contribution in [0.4, 0.5) is 0 Å². The van der Waals surface area contributed by atoms with Crippen LogP contribution in [-0.4, -0.2) is 35.1 Å². The van der Waals surface area contributed by atoms with E-state index in [4.69, 9.17) is 4.52 Å². The maximum Gasteiger partial charge on any atom is 0.237 e. The fourth-order valence-corrected chi connectivity index (χ4v) is 4.09. The lowest BCUT2D eigenvalue weighted by Gasteiger charge is -2.31. The molecule has 29 heavy (non-hydrogen) atoms. The van der Waals surface area contributed by atoms with Gasteiger partial charge >= 0.3 is 0 Å². The van der Waals surface area contributed by atoms with Gasteiger partial charge in [0.05, 0.1) is 12.0 Å². The zero-order valence-electron chi connectivity index (χ0n) is 17.0. The largest absolute Gasteiger partial charge is 0.361 e. The topological polar surface area (TPSA) is 58.4 Å². The number of benzene rings is 2. The number of aromatic nitrogens is 1. The zero-order chi connectivity index (χ0) is 20.2. The van der Waals surface area contributed by atoms with Crippen LogP contribution in [0, 0.1) is 0 Å². The van der Waals surface area contributed by atoms with E-state index in [2.05, 4.69) is 63.9 Å². The van der Waals surface area contributed by atoms with E-state index in [0.29, 0.717) is 13.1 Å². The summed E-state index contributed by atoms with van der Waals surface area (Å²) < 4.78 is 5.77. The molecule has 0 fully saturated rings. The summed E-state index contributed by atoms with van der Waals surface area (Å²) in [5, 5.41) is 7.45. The Morgan fingerprint density at radius 2 is 1.72 bits per heavy atom. The lowest BCUT2D eigenvalue weighted by molar-refractivity contribution is -0.126. The molecule has 2 aromatic carbocycles. The van der Waals surface area contributed by atoms with Crippen LogP contribution in [0.2, 0.25) is 0 Å². The maximum absolute atomic E-state index is 12.4. The van der Waals surface area contributed by atoms with Gasteiger partial charge in [-0.25, -0.2) is 0 Å². The highest BCUT2D eigenvalue weighted by Crippen LogP contribution is 2.36. The van der Waals surface area contributed by atoms with Gasteiger partial charge in [-0.3, -0.25) is 9.69 Å². The second-order valence-electron chi connectivity index (χ2n) is 7.51. The summed E-state index contributed by atoms with van der Waals surface area (Å²) in [5.74, 6) is 1.01. The molecule has 1 aliphatic rings. The maximum atomic E-state index is 12.4. The fraction of sp³-hybridized carbons (Fsp3) is 0.333. The first-order valence-electron chi connectivity index (χ1n) is 10.3. The molecule has 1 aromatic heterocycles. The van der Waals surface area contributed by atoms with Gasteiger partial charge in [0.25, 0.3) is 0 Å². The number of carbonyl (C=O) groups is 1. The predicted octanol–water partition coefficient (Wildman–Crippen LogP) is 3.74. The number of amides is 1. The van der Waals surface area contributed by atoms with E-state index >= 15 is 0 Å². The molecule has 0 spiro atoms. The third-order valence-corrected chi connectivity index (χ3v) is 5.70. The van der Waals surface area contributed by atoms with Crippen molar-refractivity contribution in [3.05, 3.63) is 88.8 Å². The van der Waals surface area contributed by atoms with Gasteiger partial charge in [0.15, 0.2) is 0 Å². The number of hydrogen-bond donors (Lipinski definition) is 1. The molecule has 0 aliphatic carbocycles. The normalized spacial score (nSPS) is 15.1. The number of carbonyl (C=O) groups excluding carboxylic acids is 1. The summed E-state index contributed by atoms with van der Waals surface area (Å²) in [4.78, 5) is 14.6. The number of nitrogens with one attached hydrogen (secondary N) is 1. The van der Waals surface area contributed by atoms with Crippen molar-refractivity contribution in [2.24, 2.45) is 0 Å². The van der Waals surface area contributed by atoms with E-state index in [1.165, 1.54) is 11.1 Å². The molecule has 2 heterocycles. The molecule has 1 atom stereocenters. The third kappa shape index (κ3) is 3.96. The molecule has 5 nitrogen and oxygen atoms in total. The summed E-state index contributed by atoms with van der Waals surface area (Å²) in [7, 11) is 0. The van der Waals surface area contributed by atoms with E-state index in [1.54, 1.807) is 0 Å². The summed E-state index contributed by atoms with van der Waals surface area (Å²) in [6.07, 6.45) is 0.766. The highest BCUT2D eigenvalue weighted by Gasteiger charge is 2.32. The molecule has 0 radical (unpaired) electrons. The SMILES string of the molecule is CCNC(=O)[C@@H](C)N1CCc2onc(C(c3ccccc3)c3ccccc3)c2C1. The minimum Gasteiger partial charge on any atom is -0.361 e. The van der Waals surface area contributed by atoms with Crippen LogP contribution >= 0.6 is 0 Å². The van der Waals surface area contributed by atoms with Gasteiger partial charge in [0.2, 0.25) is 5.91 Å². The molecule has 0 bridgehead atoms. The monoisotopic (exact) mass is 389 g/mol. The van der Waals surface area contributed by atoms with E-state index in [1.807, 2.05) is 26.0 Å². The summed E-state index contributed by atoms with van der Waals surface area (Å²) in [6.45, 7) is 6.02. The summed E-state index contributed by atoms with van der Waals surface area (Å²) >= 11 is 0. The molecule has 0 saturated heterocycles. The standard InChI is InChI=1S/C24H27N3O2/c1-3-25-24(28)17(2)27-15-14-21-20(16-27)23(26-29-21)22(18-10-6-4-7-11-18)19-12-8-5-9-13-19/h4-13,17,22H,3,14-16H2,1-2H3,(H,25,28)/t17-/m1/s1.